The molecule has 3 heterocycles. The molecule has 2 aromatic carbocycles. The summed E-state index contributed by atoms with van der Waals surface area (Å²) in [5.74, 6) is 0.0910. The molecule has 4 nitrogen and oxygen atoms in total. The number of H-pyrrole nitrogens is 1. The van der Waals surface area contributed by atoms with Gasteiger partial charge in [0.15, 0.2) is 0 Å². The van der Waals surface area contributed by atoms with Crippen molar-refractivity contribution in [1.29, 1.82) is 0 Å². The molecule has 0 aliphatic carbocycles. The fourth-order valence-electron chi connectivity index (χ4n) is 3.89. The van der Waals surface area contributed by atoms with Gasteiger partial charge >= 0.3 is 0 Å². The van der Waals surface area contributed by atoms with E-state index < -0.39 is 0 Å². The van der Waals surface area contributed by atoms with Crippen LogP contribution in [0, 0.1) is 0 Å². The highest BCUT2D eigenvalue weighted by atomic mass is 14.7. The van der Waals surface area contributed by atoms with Gasteiger partial charge in [0.1, 0.15) is 0 Å². The van der Waals surface area contributed by atoms with Crippen LogP contribution in [0.3, 0.4) is 0 Å². The van der Waals surface area contributed by atoms with Gasteiger partial charge in [0, 0.05) is 65.3 Å². The number of nitrogens with one attached hydrogen (secondary N) is 1. The summed E-state index contributed by atoms with van der Waals surface area (Å²) in [4.78, 5) is 12.1. The molecule has 0 saturated heterocycles. The summed E-state index contributed by atoms with van der Waals surface area (Å²) in [6.07, 6.45) is 9.61. The topological polar surface area (TPSA) is 67.6 Å². The zero-order chi connectivity index (χ0) is 18.9. The SMILES string of the molecule is NCC(c1cncc(-c2ccc3cnccc3c2)c1)c1c[nH]c2ccccc12. The third-order valence-corrected chi connectivity index (χ3v) is 5.37. The monoisotopic (exact) mass is 364 g/mol. The highest BCUT2D eigenvalue weighted by Crippen LogP contribution is 2.32. The number of pyridine rings is 2. The normalized spacial score (nSPS) is 12.5. The van der Waals surface area contributed by atoms with Crippen LogP contribution in [0.15, 0.2) is 85.6 Å². The average molecular weight is 364 g/mol. The van der Waals surface area contributed by atoms with Crippen LogP contribution in [0.1, 0.15) is 17.0 Å². The number of benzene rings is 2. The summed E-state index contributed by atoms with van der Waals surface area (Å²) in [7, 11) is 0. The molecule has 28 heavy (non-hydrogen) atoms. The van der Waals surface area contributed by atoms with Crippen LogP contribution < -0.4 is 5.73 Å². The number of aromatic nitrogens is 3. The van der Waals surface area contributed by atoms with E-state index in [2.05, 4.69) is 63.6 Å². The smallest absolute Gasteiger partial charge is 0.0457 e. The highest BCUT2D eigenvalue weighted by molar-refractivity contribution is 5.87. The Bertz CT molecular complexity index is 1270. The molecular weight excluding hydrogens is 344 g/mol. The first-order valence-electron chi connectivity index (χ1n) is 9.38. The van der Waals surface area contributed by atoms with E-state index in [9.17, 15) is 0 Å². The summed E-state index contributed by atoms with van der Waals surface area (Å²) in [6, 6.07) is 19.0. The van der Waals surface area contributed by atoms with Gasteiger partial charge in [-0.15, -0.1) is 0 Å². The Kier molecular flexibility index (Phi) is 4.11. The molecule has 0 amide bonds. The Morgan fingerprint density at radius 2 is 1.79 bits per heavy atom. The lowest BCUT2D eigenvalue weighted by Gasteiger charge is -2.16. The molecule has 1 atom stereocenters. The molecule has 0 aliphatic rings. The highest BCUT2D eigenvalue weighted by Gasteiger charge is 2.17. The minimum atomic E-state index is 0.0910. The standard InChI is InChI=1S/C24H20N4/c25-11-22(23-15-28-24-4-2-1-3-21(23)24)20-10-19(13-27-14-20)16-5-6-18-12-26-8-7-17(18)9-16/h1-10,12-15,22,28H,11,25H2. The molecule has 1 unspecified atom stereocenters. The van der Waals surface area contributed by atoms with E-state index in [1.54, 1.807) is 0 Å². The summed E-state index contributed by atoms with van der Waals surface area (Å²) < 4.78 is 0. The van der Waals surface area contributed by atoms with Crippen molar-refractivity contribution in [2.24, 2.45) is 5.73 Å². The van der Waals surface area contributed by atoms with E-state index in [-0.39, 0.29) is 5.92 Å². The van der Waals surface area contributed by atoms with Gasteiger partial charge in [-0.1, -0.05) is 30.3 Å². The van der Waals surface area contributed by atoms with E-state index in [1.807, 2.05) is 36.9 Å². The second-order valence-electron chi connectivity index (χ2n) is 7.02. The number of fused-ring (bicyclic) bond motifs is 2. The van der Waals surface area contributed by atoms with Crippen LogP contribution in [-0.4, -0.2) is 21.5 Å². The fraction of sp³-hybridized carbons (Fsp3) is 0.0833. The van der Waals surface area contributed by atoms with Gasteiger partial charge in [0.2, 0.25) is 0 Å². The molecule has 0 saturated carbocycles. The lowest BCUT2D eigenvalue weighted by atomic mass is 9.90. The zero-order valence-electron chi connectivity index (χ0n) is 15.3. The Morgan fingerprint density at radius 1 is 0.857 bits per heavy atom. The summed E-state index contributed by atoms with van der Waals surface area (Å²) >= 11 is 0. The third-order valence-electron chi connectivity index (χ3n) is 5.37. The largest absolute Gasteiger partial charge is 0.361 e. The minimum Gasteiger partial charge on any atom is -0.361 e. The Morgan fingerprint density at radius 3 is 2.71 bits per heavy atom. The lowest BCUT2D eigenvalue weighted by molar-refractivity contribution is 0.820. The number of nitrogens with two attached hydrogens (primary N) is 1. The average Bonchev–Trinajstić information content (AvgIpc) is 3.18. The molecule has 136 valence electrons. The molecule has 3 aromatic heterocycles. The van der Waals surface area contributed by atoms with Crippen LogP contribution >= 0.6 is 0 Å². The molecule has 0 aliphatic heterocycles. The maximum Gasteiger partial charge on any atom is 0.0457 e. The Hall–Kier alpha value is -3.50. The summed E-state index contributed by atoms with van der Waals surface area (Å²) in [5.41, 5.74) is 11.9. The number of aromatic amines is 1. The van der Waals surface area contributed by atoms with Gasteiger partial charge < -0.3 is 10.7 Å². The second-order valence-corrected chi connectivity index (χ2v) is 7.02. The predicted molar refractivity (Wildman–Crippen MR) is 114 cm³/mol. The van der Waals surface area contributed by atoms with E-state index in [4.69, 9.17) is 5.73 Å². The van der Waals surface area contributed by atoms with Crippen molar-refractivity contribution in [3.63, 3.8) is 0 Å². The van der Waals surface area contributed by atoms with Crippen molar-refractivity contribution in [2.45, 2.75) is 5.92 Å². The van der Waals surface area contributed by atoms with E-state index in [0.717, 1.165) is 27.6 Å². The van der Waals surface area contributed by atoms with Crippen LogP contribution in [0.25, 0.3) is 32.8 Å². The molecule has 5 aromatic rings. The van der Waals surface area contributed by atoms with Gasteiger partial charge in [-0.05, 0) is 46.3 Å². The number of hydrogen-bond donors (Lipinski definition) is 2. The van der Waals surface area contributed by atoms with Gasteiger partial charge in [-0.2, -0.15) is 0 Å². The van der Waals surface area contributed by atoms with Crippen molar-refractivity contribution >= 4 is 21.7 Å². The second kappa shape index (κ2) is 6.91. The number of nitrogens with zero attached hydrogens (tertiary/aromatic N) is 2. The number of para-hydroxylation sites is 1. The van der Waals surface area contributed by atoms with E-state index >= 15 is 0 Å². The molecular formula is C24H20N4. The van der Waals surface area contributed by atoms with Crippen molar-refractivity contribution in [3.05, 3.63) is 96.7 Å². The Balaban J connectivity index is 1.58. The summed E-state index contributed by atoms with van der Waals surface area (Å²) in [5, 5.41) is 3.51. The lowest BCUT2D eigenvalue weighted by Crippen LogP contribution is -2.14. The predicted octanol–water partition coefficient (Wildman–Crippen LogP) is 4.87. The quantitative estimate of drug-likeness (QED) is 0.478. The number of rotatable bonds is 4. The first-order valence-corrected chi connectivity index (χ1v) is 9.38. The van der Waals surface area contributed by atoms with Crippen LogP contribution in [-0.2, 0) is 0 Å². The van der Waals surface area contributed by atoms with Gasteiger partial charge in [-0.3, -0.25) is 9.97 Å². The van der Waals surface area contributed by atoms with Crippen LogP contribution in [0.5, 0.6) is 0 Å². The Labute approximate surface area is 163 Å². The molecule has 0 fully saturated rings. The molecule has 0 spiro atoms. The molecule has 5 rings (SSSR count). The van der Waals surface area contributed by atoms with Crippen molar-refractivity contribution in [3.8, 4) is 11.1 Å². The molecule has 0 bridgehead atoms. The van der Waals surface area contributed by atoms with Crippen LogP contribution in [0.4, 0.5) is 0 Å². The van der Waals surface area contributed by atoms with Gasteiger partial charge in [-0.25, -0.2) is 0 Å². The van der Waals surface area contributed by atoms with E-state index in [0.29, 0.717) is 6.54 Å². The molecule has 4 heteroatoms. The van der Waals surface area contributed by atoms with Crippen LogP contribution in [0.2, 0.25) is 0 Å². The third kappa shape index (κ3) is 2.84. The first-order chi connectivity index (χ1) is 13.8. The first kappa shape index (κ1) is 16.7. The number of hydrogen-bond acceptors (Lipinski definition) is 3. The summed E-state index contributed by atoms with van der Waals surface area (Å²) in [6.45, 7) is 0.524. The maximum atomic E-state index is 6.20. The van der Waals surface area contributed by atoms with Gasteiger partial charge in [0.25, 0.3) is 0 Å². The van der Waals surface area contributed by atoms with Gasteiger partial charge in [0.05, 0.1) is 0 Å². The molecule has 3 N–H and O–H groups in total. The van der Waals surface area contributed by atoms with Crippen molar-refractivity contribution in [2.75, 3.05) is 6.54 Å². The van der Waals surface area contributed by atoms with E-state index in [1.165, 1.54) is 16.3 Å². The zero-order valence-corrected chi connectivity index (χ0v) is 15.3. The van der Waals surface area contributed by atoms with Crippen molar-refractivity contribution in [1.82, 2.24) is 15.0 Å². The molecule has 0 radical (unpaired) electrons. The fourth-order valence-corrected chi connectivity index (χ4v) is 3.89. The minimum absolute atomic E-state index is 0.0910. The van der Waals surface area contributed by atoms with Crippen molar-refractivity contribution < 1.29 is 0 Å². The maximum absolute atomic E-state index is 6.20.